The molecule has 1 aromatic carbocycles. The van der Waals surface area contributed by atoms with Gasteiger partial charge in [0, 0.05) is 25.3 Å². The Kier molecular flexibility index (Phi) is 8.90. The highest BCUT2D eigenvalue weighted by Crippen LogP contribution is 2.18. The maximum Gasteiger partial charge on any atom is 0.262 e. The number of nitrogens with one attached hydrogen (secondary N) is 1. The smallest absolute Gasteiger partial charge is 0.262 e. The van der Waals surface area contributed by atoms with E-state index in [1.54, 1.807) is 10.6 Å². The summed E-state index contributed by atoms with van der Waals surface area (Å²) in [5.41, 5.74) is 2.70. The van der Waals surface area contributed by atoms with Gasteiger partial charge in [0.25, 0.3) is 5.56 Å². The van der Waals surface area contributed by atoms with Gasteiger partial charge in [0.2, 0.25) is 5.91 Å². The fourth-order valence-corrected chi connectivity index (χ4v) is 4.55. The van der Waals surface area contributed by atoms with E-state index >= 15 is 0 Å². The zero-order valence-electron chi connectivity index (χ0n) is 19.3. The van der Waals surface area contributed by atoms with Crippen molar-refractivity contribution < 1.29 is 4.79 Å². The number of fused-ring (bicyclic) bond motifs is 1. The van der Waals surface area contributed by atoms with Crippen LogP contribution in [-0.2, 0) is 17.9 Å². The first-order valence-electron chi connectivity index (χ1n) is 11.4. The maximum absolute atomic E-state index is 13.2. The average molecular weight is 456 g/mol. The molecule has 0 aliphatic heterocycles. The minimum absolute atomic E-state index is 0.0249. The first-order chi connectivity index (χ1) is 15.5. The third kappa shape index (κ3) is 6.45. The van der Waals surface area contributed by atoms with Crippen molar-refractivity contribution in [3.63, 3.8) is 0 Å². The van der Waals surface area contributed by atoms with Crippen LogP contribution in [0.3, 0.4) is 0 Å². The van der Waals surface area contributed by atoms with Gasteiger partial charge in [-0.2, -0.15) is 5.10 Å². The van der Waals surface area contributed by atoms with Gasteiger partial charge in [-0.15, -0.1) is 0 Å². The molecular formula is C24H33N5O2S. The van der Waals surface area contributed by atoms with Crippen LogP contribution >= 0.6 is 11.8 Å². The summed E-state index contributed by atoms with van der Waals surface area (Å²) in [7, 11) is 0. The van der Waals surface area contributed by atoms with E-state index in [2.05, 4.69) is 17.3 Å². The van der Waals surface area contributed by atoms with Crippen molar-refractivity contribution in [3.8, 4) is 0 Å². The lowest BCUT2D eigenvalue weighted by Crippen LogP contribution is -2.28. The molecule has 3 rings (SSSR count). The van der Waals surface area contributed by atoms with Crippen LogP contribution in [0, 0.1) is 13.8 Å². The lowest BCUT2D eigenvalue weighted by atomic mass is 10.2. The van der Waals surface area contributed by atoms with E-state index in [0.717, 1.165) is 37.2 Å². The molecule has 0 fully saturated rings. The maximum atomic E-state index is 13.2. The molecule has 0 spiro atoms. The van der Waals surface area contributed by atoms with Crippen molar-refractivity contribution in [2.75, 3.05) is 12.3 Å². The molecule has 3 aromatic rings. The van der Waals surface area contributed by atoms with Gasteiger partial charge in [-0.3, -0.25) is 18.8 Å². The molecule has 8 heteroatoms. The van der Waals surface area contributed by atoms with Gasteiger partial charge in [-0.05, 0) is 44.9 Å². The molecule has 0 aliphatic rings. The van der Waals surface area contributed by atoms with Gasteiger partial charge >= 0.3 is 0 Å². The summed E-state index contributed by atoms with van der Waals surface area (Å²) in [5, 5.41) is 8.65. The Hall–Kier alpha value is -2.61. The standard InChI is InChI=1S/C24H33N5O2S/c1-4-5-6-9-13-25-22(30)17-32-24-26-21-12-8-7-11-20(21)23(31)28(24)14-10-15-29-19(3)16-18(2)27-29/h7-8,11-12,16H,4-6,9-10,13-15,17H2,1-3H3,(H,25,30). The number of hydrogen-bond acceptors (Lipinski definition) is 5. The third-order valence-corrected chi connectivity index (χ3v) is 6.34. The van der Waals surface area contributed by atoms with Gasteiger partial charge in [-0.25, -0.2) is 4.98 Å². The summed E-state index contributed by atoms with van der Waals surface area (Å²) in [6, 6.07) is 9.42. The number of aromatic nitrogens is 4. The third-order valence-electron chi connectivity index (χ3n) is 5.37. The lowest BCUT2D eigenvalue weighted by molar-refractivity contribution is -0.118. The van der Waals surface area contributed by atoms with Crippen LogP contribution in [0.15, 0.2) is 40.3 Å². The number of thioether (sulfide) groups is 1. The van der Waals surface area contributed by atoms with Crippen LogP contribution in [0.5, 0.6) is 0 Å². The summed E-state index contributed by atoms with van der Waals surface area (Å²) >= 11 is 1.32. The van der Waals surface area contributed by atoms with E-state index < -0.39 is 0 Å². The summed E-state index contributed by atoms with van der Waals surface area (Å²) in [6.07, 6.45) is 5.24. The van der Waals surface area contributed by atoms with E-state index in [1.165, 1.54) is 24.6 Å². The number of carbonyl (C=O) groups excluding carboxylic acids is 1. The van der Waals surface area contributed by atoms with Crippen molar-refractivity contribution in [2.24, 2.45) is 0 Å². The van der Waals surface area contributed by atoms with Crippen molar-refractivity contribution in [2.45, 2.75) is 71.1 Å². The molecule has 0 saturated heterocycles. The molecule has 0 unspecified atom stereocenters. The van der Waals surface area contributed by atoms with Crippen LogP contribution in [0.1, 0.15) is 50.4 Å². The lowest BCUT2D eigenvalue weighted by Gasteiger charge is -2.13. The highest BCUT2D eigenvalue weighted by Gasteiger charge is 2.13. The Bertz CT molecular complexity index is 1110. The molecule has 1 N–H and O–H groups in total. The summed E-state index contributed by atoms with van der Waals surface area (Å²) in [5.74, 6) is 0.221. The van der Waals surface area contributed by atoms with E-state index in [9.17, 15) is 9.59 Å². The molecular weight excluding hydrogens is 422 g/mol. The largest absolute Gasteiger partial charge is 0.355 e. The van der Waals surface area contributed by atoms with E-state index in [-0.39, 0.29) is 17.2 Å². The van der Waals surface area contributed by atoms with E-state index in [0.29, 0.717) is 29.1 Å². The zero-order chi connectivity index (χ0) is 22.9. The molecule has 172 valence electrons. The Balaban J connectivity index is 1.69. The Morgan fingerprint density at radius 1 is 1.09 bits per heavy atom. The second kappa shape index (κ2) is 11.9. The zero-order valence-corrected chi connectivity index (χ0v) is 20.1. The Labute approximate surface area is 193 Å². The van der Waals surface area contributed by atoms with Crippen molar-refractivity contribution in [1.29, 1.82) is 0 Å². The molecule has 0 saturated carbocycles. The minimum Gasteiger partial charge on any atom is -0.355 e. The fraction of sp³-hybridized carbons (Fsp3) is 0.500. The van der Waals surface area contributed by atoms with Crippen LogP contribution < -0.4 is 10.9 Å². The highest BCUT2D eigenvalue weighted by atomic mass is 32.2. The van der Waals surface area contributed by atoms with E-state index in [4.69, 9.17) is 4.98 Å². The topological polar surface area (TPSA) is 81.8 Å². The highest BCUT2D eigenvalue weighted by molar-refractivity contribution is 7.99. The molecule has 0 bridgehead atoms. The number of carbonyl (C=O) groups is 1. The number of aryl methyl sites for hydroxylation is 3. The minimum atomic E-state index is -0.0635. The first-order valence-corrected chi connectivity index (χ1v) is 12.4. The van der Waals surface area contributed by atoms with Crippen LogP contribution in [0.4, 0.5) is 0 Å². The second-order valence-corrected chi connectivity index (χ2v) is 9.01. The molecule has 0 radical (unpaired) electrons. The monoisotopic (exact) mass is 455 g/mol. The molecule has 2 heterocycles. The van der Waals surface area contributed by atoms with Gasteiger partial charge in [-0.1, -0.05) is 50.1 Å². The molecule has 0 aliphatic carbocycles. The molecule has 7 nitrogen and oxygen atoms in total. The van der Waals surface area contributed by atoms with Crippen LogP contribution in [0.2, 0.25) is 0 Å². The summed E-state index contributed by atoms with van der Waals surface area (Å²) in [6.45, 7) is 8.12. The molecule has 32 heavy (non-hydrogen) atoms. The summed E-state index contributed by atoms with van der Waals surface area (Å²) < 4.78 is 3.67. The number of nitrogens with zero attached hydrogens (tertiary/aromatic N) is 4. The Morgan fingerprint density at radius 2 is 1.91 bits per heavy atom. The van der Waals surface area contributed by atoms with Crippen molar-refractivity contribution in [3.05, 3.63) is 52.1 Å². The van der Waals surface area contributed by atoms with E-state index in [1.807, 2.05) is 42.8 Å². The average Bonchev–Trinajstić information content (AvgIpc) is 3.10. The van der Waals surface area contributed by atoms with Crippen molar-refractivity contribution in [1.82, 2.24) is 24.6 Å². The fourth-order valence-electron chi connectivity index (χ4n) is 3.70. The van der Waals surface area contributed by atoms with Gasteiger partial charge in [0.15, 0.2) is 5.16 Å². The SMILES string of the molecule is CCCCCCNC(=O)CSc1nc2ccccc2c(=O)n1CCCn1nc(C)cc1C. The predicted octanol–water partition coefficient (Wildman–Crippen LogP) is 4.09. The van der Waals surface area contributed by atoms with Gasteiger partial charge < -0.3 is 5.32 Å². The van der Waals surface area contributed by atoms with Crippen LogP contribution in [0.25, 0.3) is 10.9 Å². The number of para-hydroxylation sites is 1. The van der Waals surface area contributed by atoms with Crippen molar-refractivity contribution >= 4 is 28.6 Å². The number of amides is 1. The number of unbranched alkanes of at least 4 members (excludes halogenated alkanes) is 3. The molecule has 1 amide bonds. The molecule has 2 aromatic heterocycles. The van der Waals surface area contributed by atoms with Gasteiger partial charge in [0.05, 0.1) is 22.3 Å². The van der Waals surface area contributed by atoms with Gasteiger partial charge in [0.1, 0.15) is 0 Å². The Morgan fingerprint density at radius 3 is 2.66 bits per heavy atom. The quantitative estimate of drug-likeness (QED) is 0.253. The number of benzene rings is 1. The second-order valence-electron chi connectivity index (χ2n) is 8.07. The predicted molar refractivity (Wildman–Crippen MR) is 130 cm³/mol. The number of hydrogen-bond donors (Lipinski definition) is 1. The first kappa shape index (κ1) is 24.0. The molecule has 0 atom stereocenters. The number of rotatable bonds is 12. The normalized spacial score (nSPS) is 11.2. The summed E-state index contributed by atoms with van der Waals surface area (Å²) in [4.78, 5) is 30.2. The van der Waals surface area contributed by atoms with Crippen LogP contribution in [-0.4, -0.2) is 37.5 Å².